The van der Waals surface area contributed by atoms with Gasteiger partial charge in [0.1, 0.15) is 0 Å². The van der Waals surface area contributed by atoms with Crippen molar-refractivity contribution in [1.82, 2.24) is 0 Å². The van der Waals surface area contributed by atoms with Crippen molar-refractivity contribution in [2.24, 2.45) is 0 Å². The summed E-state index contributed by atoms with van der Waals surface area (Å²) in [5.41, 5.74) is 2.55. The fourth-order valence-corrected chi connectivity index (χ4v) is 2.72. The number of fused-ring (bicyclic) bond motifs is 2. The molecule has 140 valence electrons. The van der Waals surface area contributed by atoms with E-state index in [1.165, 1.54) is 0 Å². The minimum absolute atomic E-state index is 0.239. The summed E-state index contributed by atoms with van der Waals surface area (Å²) in [6.45, 7) is 8.00. The van der Waals surface area contributed by atoms with Crippen LogP contribution in [0.4, 0.5) is 0 Å². The van der Waals surface area contributed by atoms with E-state index < -0.39 is 23.9 Å². The van der Waals surface area contributed by atoms with Gasteiger partial charge in [0, 0.05) is 0 Å². The normalized spacial score (nSPS) is 13.5. The molecule has 0 saturated heterocycles. The maximum Gasteiger partial charge on any atom is 0.346 e. The quantitative estimate of drug-likeness (QED) is 0.589. The van der Waals surface area contributed by atoms with Gasteiger partial charge in [0.05, 0.1) is 22.3 Å². The summed E-state index contributed by atoms with van der Waals surface area (Å²) >= 11 is 0. The molecule has 2 aliphatic rings. The maximum atomic E-state index is 11.6. The minimum atomic E-state index is -0.657. The fraction of sp³-hybridized carbons (Fsp3) is 0.238. The molecule has 0 unspecified atom stereocenters. The van der Waals surface area contributed by atoms with Crippen molar-refractivity contribution >= 4 is 23.9 Å². The highest BCUT2D eigenvalue weighted by atomic mass is 16.6. The van der Waals surface area contributed by atoms with Crippen molar-refractivity contribution in [3.63, 3.8) is 0 Å². The number of benzene rings is 2. The molecule has 0 atom stereocenters. The minimum Gasteiger partial charge on any atom is -0.386 e. The van der Waals surface area contributed by atoms with Gasteiger partial charge in [-0.05, 0) is 41.8 Å². The highest BCUT2D eigenvalue weighted by Gasteiger charge is 2.31. The van der Waals surface area contributed by atoms with Crippen LogP contribution in [0.5, 0.6) is 0 Å². The lowest BCUT2D eigenvalue weighted by Gasteiger charge is -2.04. The van der Waals surface area contributed by atoms with Gasteiger partial charge in [-0.2, -0.15) is 0 Å². The predicted octanol–water partition coefficient (Wildman–Crippen LogP) is 3.95. The molecule has 6 nitrogen and oxygen atoms in total. The Morgan fingerprint density at radius 2 is 0.889 bits per heavy atom. The van der Waals surface area contributed by atoms with E-state index in [-0.39, 0.29) is 22.3 Å². The third-order valence-electron chi connectivity index (χ3n) is 3.83. The van der Waals surface area contributed by atoms with Crippen LogP contribution in [0, 0.1) is 0 Å². The second kappa shape index (κ2) is 8.40. The van der Waals surface area contributed by atoms with Crippen molar-refractivity contribution in [2.45, 2.75) is 34.1 Å². The van der Waals surface area contributed by atoms with Gasteiger partial charge in [-0.1, -0.05) is 39.8 Å². The van der Waals surface area contributed by atoms with Crippen molar-refractivity contribution in [3.05, 3.63) is 69.8 Å². The second-order valence-corrected chi connectivity index (χ2v) is 5.29. The molecule has 0 radical (unpaired) electrons. The molecule has 0 saturated carbocycles. The van der Waals surface area contributed by atoms with E-state index >= 15 is 0 Å². The van der Waals surface area contributed by atoms with Gasteiger partial charge in [-0.3, -0.25) is 0 Å². The molecule has 0 aliphatic carbocycles. The Morgan fingerprint density at radius 3 is 1.26 bits per heavy atom. The third-order valence-corrected chi connectivity index (χ3v) is 3.83. The molecule has 2 aliphatic heterocycles. The maximum absolute atomic E-state index is 11.6. The molecule has 2 aromatic rings. The van der Waals surface area contributed by atoms with Crippen LogP contribution in [0.25, 0.3) is 0 Å². The first-order valence-electron chi connectivity index (χ1n) is 8.82. The summed E-state index contributed by atoms with van der Waals surface area (Å²) in [7, 11) is 0. The molecule has 0 amide bonds. The zero-order valence-electron chi connectivity index (χ0n) is 15.6. The summed E-state index contributed by atoms with van der Waals surface area (Å²) in [6.07, 6.45) is 0.434. The SMILES string of the molecule is CC.CC.O=C1OC(=O)c2cc(Cc3ccc4c(c3)C(=O)OC4=O)ccc21. The highest BCUT2D eigenvalue weighted by Crippen LogP contribution is 2.25. The standard InChI is InChI=1S/C17H8O6.2C2H6/c18-14-10-3-1-8(6-12(10)16(20)22-14)5-9-2-4-11-13(7-9)17(21)23-15(11)19;2*1-2/h1-4,6-7H,5H2;2*1-2H3. The lowest BCUT2D eigenvalue weighted by molar-refractivity contribution is 0.0425. The summed E-state index contributed by atoms with van der Waals surface area (Å²) in [4.78, 5) is 46.0. The Bertz CT molecular complexity index is 851. The molecular weight excluding hydrogens is 348 g/mol. The van der Waals surface area contributed by atoms with Gasteiger partial charge < -0.3 is 9.47 Å². The van der Waals surface area contributed by atoms with Crippen LogP contribution in [0.3, 0.4) is 0 Å². The van der Waals surface area contributed by atoms with Crippen molar-refractivity contribution in [1.29, 1.82) is 0 Å². The number of rotatable bonds is 2. The van der Waals surface area contributed by atoms with E-state index in [0.717, 1.165) is 11.1 Å². The molecule has 0 fully saturated rings. The van der Waals surface area contributed by atoms with E-state index in [1.807, 2.05) is 27.7 Å². The Balaban J connectivity index is 0.000000614. The molecule has 27 heavy (non-hydrogen) atoms. The monoisotopic (exact) mass is 368 g/mol. The number of hydrogen-bond acceptors (Lipinski definition) is 6. The van der Waals surface area contributed by atoms with E-state index in [4.69, 9.17) is 0 Å². The van der Waals surface area contributed by atoms with Crippen LogP contribution in [-0.4, -0.2) is 23.9 Å². The molecule has 0 bridgehead atoms. The number of esters is 4. The van der Waals surface area contributed by atoms with E-state index in [9.17, 15) is 19.2 Å². The fourth-order valence-electron chi connectivity index (χ4n) is 2.72. The third kappa shape index (κ3) is 3.79. The molecule has 0 N–H and O–H groups in total. The van der Waals surface area contributed by atoms with Crippen LogP contribution in [-0.2, 0) is 15.9 Å². The average molecular weight is 368 g/mol. The number of hydrogen-bond donors (Lipinski definition) is 0. The average Bonchev–Trinajstić information content (AvgIpc) is 3.13. The molecular formula is C21H20O6. The Morgan fingerprint density at radius 1 is 0.556 bits per heavy atom. The predicted molar refractivity (Wildman–Crippen MR) is 97.9 cm³/mol. The van der Waals surface area contributed by atoms with Crippen LogP contribution in [0.2, 0.25) is 0 Å². The summed E-state index contributed by atoms with van der Waals surface area (Å²) in [6, 6.07) is 9.72. The zero-order chi connectivity index (χ0) is 20.1. The van der Waals surface area contributed by atoms with E-state index in [1.54, 1.807) is 36.4 Å². The lowest BCUT2D eigenvalue weighted by Crippen LogP contribution is -1.98. The highest BCUT2D eigenvalue weighted by molar-refractivity contribution is 6.15. The number of cyclic esters (lactones) is 4. The first-order valence-corrected chi connectivity index (χ1v) is 8.82. The van der Waals surface area contributed by atoms with Gasteiger partial charge in [0.15, 0.2) is 0 Å². The number of carbonyl (C=O) groups is 4. The van der Waals surface area contributed by atoms with E-state index in [2.05, 4.69) is 9.47 Å². The Labute approximate surface area is 157 Å². The topological polar surface area (TPSA) is 86.7 Å². The first kappa shape index (κ1) is 20.0. The van der Waals surface area contributed by atoms with Gasteiger partial charge in [-0.25, -0.2) is 19.2 Å². The molecule has 4 rings (SSSR count). The second-order valence-electron chi connectivity index (χ2n) is 5.29. The van der Waals surface area contributed by atoms with Gasteiger partial charge in [0.2, 0.25) is 0 Å². The number of ether oxygens (including phenoxy) is 2. The largest absolute Gasteiger partial charge is 0.386 e. The smallest absolute Gasteiger partial charge is 0.346 e. The number of carbonyl (C=O) groups excluding carboxylic acids is 4. The van der Waals surface area contributed by atoms with E-state index in [0.29, 0.717) is 6.42 Å². The van der Waals surface area contributed by atoms with Crippen molar-refractivity contribution in [2.75, 3.05) is 0 Å². The van der Waals surface area contributed by atoms with Crippen molar-refractivity contribution in [3.8, 4) is 0 Å². The molecule has 0 aromatic heterocycles. The van der Waals surface area contributed by atoms with Crippen LogP contribution < -0.4 is 0 Å². The first-order chi connectivity index (χ1) is 13.0. The Hall–Kier alpha value is -3.28. The van der Waals surface area contributed by atoms with Gasteiger partial charge in [-0.15, -0.1) is 0 Å². The summed E-state index contributed by atoms with van der Waals surface area (Å²) in [5, 5.41) is 0. The van der Waals surface area contributed by atoms with Crippen LogP contribution in [0.1, 0.15) is 80.3 Å². The van der Waals surface area contributed by atoms with Crippen LogP contribution in [0.15, 0.2) is 36.4 Å². The molecule has 6 heteroatoms. The van der Waals surface area contributed by atoms with Gasteiger partial charge >= 0.3 is 23.9 Å². The zero-order valence-corrected chi connectivity index (χ0v) is 15.6. The molecule has 2 heterocycles. The molecule has 0 spiro atoms. The lowest BCUT2D eigenvalue weighted by atomic mass is 9.98. The summed E-state index contributed by atoms with van der Waals surface area (Å²) < 4.78 is 9.09. The van der Waals surface area contributed by atoms with Crippen molar-refractivity contribution < 1.29 is 28.7 Å². The molecule has 2 aromatic carbocycles. The Kier molecular flexibility index (Phi) is 6.23. The van der Waals surface area contributed by atoms with Crippen LogP contribution >= 0.6 is 0 Å². The summed E-state index contributed by atoms with van der Waals surface area (Å²) in [5.74, 6) is -2.60. The van der Waals surface area contributed by atoms with Gasteiger partial charge in [0.25, 0.3) is 0 Å².